The fraction of sp³-hybridized carbons (Fsp3) is 0.368. The van der Waals surface area contributed by atoms with Gasteiger partial charge in [-0.25, -0.2) is 22.0 Å². The van der Waals surface area contributed by atoms with Gasteiger partial charge in [-0.15, -0.1) is 0 Å². The Balaban J connectivity index is 1.61. The molecule has 1 saturated heterocycles. The van der Waals surface area contributed by atoms with Crippen molar-refractivity contribution in [1.82, 2.24) is 4.31 Å². The molecule has 162 valence electrons. The van der Waals surface area contributed by atoms with Crippen molar-refractivity contribution < 1.29 is 35.9 Å². The van der Waals surface area contributed by atoms with Gasteiger partial charge in [-0.2, -0.15) is 4.31 Å². The van der Waals surface area contributed by atoms with Gasteiger partial charge in [-0.3, -0.25) is 4.79 Å². The zero-order chi connectivity index (χ0) is 21.9. The lowest BCUT2D eigenvalue weighted by Crippen LogP contribution is -2.41. The highest BCUT2D eigenvalue weighted by Crippen LogP contribution is 2.26. The largest absolute Gasteiger partial charge is 0.460 e. The summed E-state index contributed by atoms with van der Waals surface area (Å²) in [7, 11) is -3.98. The minimum absolute atomic E-state index is 0.00497. The molecule has 0 bridgehead atoms. The molecule has 0 radical (unpaired) electrons. The first kappa shape index (κ1) is 21.9. The van der Waals surface area contributed by atoms with E-state index in [1.165, 1.54) is 12.1 Å². The van der Waals surface area contributed by atoms with E-state index in [4.69, 9.17) is 9.15 Å². The number of furan rings is 1. The number of hydrogen-bond acceptors (Lipinski definition) is 6. The summed E-state index contributed by atoms with van der Waals surface area (Å²) in [6, 6.07) is 5.10. The lowest BCUT2D eigenvalue weighted by molar-refractivity contribution is -0.120. The van der Waals surface area contributed by atoms with E-state index in [9.17, 15) is 26.8 Å². The van der Waals surface area contributed by atoms with Gasteiger partial charge in [0.05, 0.1) is 6.61 Å². The summed E-state index contributed by atoms with van der Waals surface area (Å²) in [4.78, 5) is 24.0. The van der Waals surface area contributed by atoms with E-state index in [0.29, 0.717) is 6.07 Å². The van der Waals surface area contributed by atoms with Crippen molar-refractivity contribution in [3.8, 4) is 0 Å². The van der Waals surface area contributed by atoms with Crippen molar-refractivity contribution in [2.45, 2.75) is 24.9 Å². The number of ether oxygens (including phenoxy) is 1. The molecule has 2 heterocycles. The number of rotatable bonds is 6. The molecule has 1 fully saturated rings. The molecule has 0 aliphatic carbocycles. The number of hydrogen-bond donors (Lipinski definition) is 1. The van der Waals surface area contributed by atoms with Crippen LogP contribution in [0.3, 0.4) is 0 Å². The second kappa shape index (κ2) is 8.92. The fourth-order valence-corrected chi connectivity index (χ4v) is 4.51. The molecular formula is C19H20F2N2O6S. The van der Waals surface area contributed by atoms with E-state index in [-0.39, 0.29) is 49.1 Å². The average molecular weight is 442 g/mol. The highest BCUT2D eigenvalue weighted by molar-refractivity contribution is 7.89. The van der Waals surface area contributed by atoms with E-state index >= 15 is 0 Å². The number of carbonyl (C=O) groups is 2. The molecule has 0 atom stereocenters. The normalized spacial score (nSPS) is 15.7. The molecule has 0 unspecified atom stereocenters. The van der Waals surface area contributed by atoms with Gasteiger partial charge in [0.2, 0.25) is 16.8 Å². The van der Waals surface area contributed by atoms with Crippen LogP contribution in [-0.2, 0) is 19.6 Å². The Morgan fingerprint density at radius 1 is 1.17 bits per heavy atom. The summed E-state index contributed by atoms with van der Waals surface area (Å²) >= 11 is 0. The van der Waals surface area contributed by atoms with Crippen LogP contribution in [-0.4, -0.2) is 44.3 Å². The fourth-order valence-electron chi connectivity index (χ4n) is 3.13. The standard InChI is InChI=1S/C19H20F2N2O6S/c1-2-28-19(25)16-3-4-17(29-16)30(26,27)23-7-5-12(6-8-23)18(24)22-15-10-13(20)9-14(21)11-15/h3-4,9-12H,2,5-8H2,1H3,(H,22,24). The summed E-state index contributed by atoms with van der Waals surface area (Å²) in [6.07, 6.45) is 0.433. The minimum Gasteiger partial charge on any atom is -0.460 e. The number of nitrogens with one attached hydrogen (secondary N) is 1. The highest BCUT2D eigenvalue weighted by Gasteiger charge is 2.34. The summed E-state index contributed by atoms with van der Waals surface area (Å²) in [5, 5.41) is 2.06. The Morgan fingerprint density at radius 3 is 2.40 bits per heavy atom. The lowest BCUT2D eigenvalue weighted by atomic mass is 9.97. The molecule has 30 heavy (non-hydrogen) atoms. The summed E-state index contributed by atoms with van der Waals surface area (Å²) < 4.78 is 63.0. The van der Waals surface area contributed by atoms with Crippen LogP contribution in [0.5, 0.6) is 0 Å². The third-order valence-corrected chi connectivity index (χ3v) is 6.38. The number of anilines is 1. The maximum Gasteiger partial charge on any atom is 0.374 e. The molecule has 1 amide bonds. The molecule has 11 heteroatoms. The molecule has 2 aromatic rings. The van der Waals surface area contributed by atoms with Gasteiger partial charge in [-0.05, 0) is 44.0 Å². The van der Waals surface area contributed by atoms with Gasteiger partial charge in [0.25, 0.3) is 10.0 Å². The van der Waals surface area contributed by atoms with Gasteiger partial charge >= 0.3 is 5.97 Å². The molecule has 0 spiro atoms. The third kappa shape index (κ3) is 4.85. The van der Waals surface area contributed by atoms with Gasteiger partial charge in [-0.1, -0.05) is 0 Å². The summed E-state index contributed by atoms with van der Waals surface area (Å²) in [6.45, 7) is 1.84. The molecular weight excluding hydrogens is 422 g/mol. The average Bonchev–Trinajstić information content (AvgIpc) is 3.19. The number of sulfonamides is 1. The lowest BCUT2D eigenvalue weighted by Gasteiger charge is -2.29. The number of halogens is 2. The Bertz CT molecular complexity index is 1020. The zero-order valence-corrected chi connectivity index (χ0v) is 16.9. The minimum atomic E-state index is -3.98. The van der Waals surface area contributed by atoms with E-state index in [0.717, 1.165) is 16.4 Å². The predicted octanol–water partition coefficient (Wildman–Crippen LogP) is 2.77. The van der Waals surface area contributed by atoms with Crippen molar-refractivity contribution in [1.29, 1.82) is 0 Å². The molecule has 3 rings (SSSR count). The predicted molar refractivity (Wildman–Crippen MR) is 101 cm³/mol. The van der Waals surface area contributed by atoms with Crippen molar-refractivity contribution in [3.05, 3.63) is 47.7 Å². The van der Waals surface area contributed by atoms with Crippen molar-refractivity contribution >= 4 is 27.6 Å². The first-order chi connectivity index (χ1) is 14.2. The van der Waals surface area contributed by atoms with Crippen LogP contribution in [0, 0.1) is 17.6 Å². The topological polar surface area (TPSA) is 106 Å². The molecule has 1 aromatic carbocycles. The first-order valence-corrected chi connectivity index (χ1v) is 10.7. The SMILES string of the molecule is CCOC(=O)c1ccc(S(=O)(=O)N2CCC(C(=O)Nc3cc(F)cc(F)c3)CC2)o1. The third-order valence-electron chi connectivity index (χ3n) is 4.61. The first-order valence-electron chi connectivity index (χ1n) is 9.24. The molecule has 0 saturated carbocycles. The Hall–Kier alpha value is -2.79. The Labute approximate surface area is 171 Å². The maximum absolute atomic E-state index is 13.3. The molecule has 1 N–H and O–H groups in total. The van der Waals surface area contributed by atoms with Crippen LogP contribution in [0.15, 0.2) is 39.8 Å². The monoisotopic (exact) mass is 442 g/mol. The maximum atomic E-state index is 13.3. The quantitative estimate of drug-likeness (QED) is 0.690. The van der Waals surface area contributed by atoms with Crippen LogP contribution in [0.4, 0.5) is 14.5 Å². The van der Waals surface area contributed by atoms with Gasteiger partial charge < -0.3 is 14.5 Å². The number of amides is 1. The van der Waals surface area contributed by atoms with Crippen LogP contribution in [0.25, 0.3) is 0 Å². The van der Waals surface area contributed by atoms with Gasteiger partial charge in [0, 0.05) is 30.8 Å². The summed E-state index contributed by atoms with van der Waals surface area (Å²) in [5.41, 5.74) is -0.00497. The van der Waals surface area contributed by atoms with Crippen molar-refractivity contribution in [2.24, 2.45) is 5.92 Å². The molecule has 1 aromatic heterocycles. The van der Waals surface area contributed by atoms with Gasteiger partial charge in [0.1, 0.15) is 11.6 Å². The summed E-state index contributed by atoms with van der Waals surface area (Å²) in [5.74, 6) is -3.57. The second-order valence-electron chi connectivity index (χ2n) is 6.66. The van der Waals surface area contributed by atoms with E-state index in [2.05, 4.69) is 5.32 Å². The smallest absolute Gasteiger partial charge is 0.374 e. The number of carbonyl (C=O) groups excluding carboxylic acids is 2. The number of benzene rings is 1. The van der Waals surface area contributed by atoms with Crippen molar-refractivity contribution in [3.63, 3.8) is 0 Å². The Morgan fingerprint density at radius 2 is 1.80 bits per heavy atom. The molecule has 1 aliphatic heterocycles. The second-order valence-corrected chi connectivity index (χ2v) is 8.53. The van der Waals surface area contributed by atoms with E-state index < -0.39 is 39.5 Å². The van der Waals surface area contributed by atoms with Crippen LogP contribution in [0.2, 0.25) is 0 Å². The van der Waals surface area contributed by atoms with E-state index in [1.807, 2.05) is 0 Å². The zero-order valence-electron chi connectivity index (χ0n) is 16.1. The van der Waals surface area contributed by atoms with Crippen LogP contribution < -0.4 is 5.32 Å². The van der Waals surface area contributed by atoms with E-state index in [1.54, 1.807) is 6.92 Å². The van der Waals surface area contributed by atoms with Crippen molar-refractivity contribution in [2.75, 3.05) is 25.0 Å². The Kier molecular flexibility index (Phi) is 6.52. The molecule has 8 nitrogen and oxygen atoms in total. The van der Waals surface area contributed by atoms with Crippen LogP contribution >= 0.6 is 0 Å². The number of piperidine rings is 1. The number of nitrogens with zero attached hydrogens (tertiary/aromatic N) is 1. The number of esters is 1. The highest BCUT2D eigenvalue weighted by atomic mass is 32.2. The van der Waals surface area contributed by atoms with Crippen LogP contribution in [0.1, 0.15) is 30.3 Å². The molecule has 1 aliphatic rings. The van der Waals surface area contributed by atoms with Gasteiger partial charge in [0.15, 0.2) is 0 Å².